The van der Waals surface area contributed by atoms with Gasteiger partial charge in [0.2, 0.25) is 5.95 Å². The molecule has 224 valence electrons. The van der Waals surface area contributed by atoms with E-state index in [-0.39, 0.29) is 18.0 Å². The first-order chi connectivity index (χ1) is 20.8. The third kappa shape index (κ3) is 5.67. The fourth-order valence-corrected chi connectivity index (χ4v) is 6.38. The van der Waals surface area contributed by atoms with Crippen molar-refractivity contribution in [3.05, 3.63) is 83.3 Å². The normalized spacial score (nSPS) is 16.9. The monoisotopic (exact) mass is 580 g/mol. The molecule has 0 bridgehead atoms. The Morgan fingerprint density at radius 1 is 1.02 bits per heavy atom. The Hall–Kier alpha value is -4.44. The van der Waals surface area contributed by atoms with E-state index in [0.717, 1.165) is 18.8 Å². The molecule has 2 aliphatic rings. The van der Waals surface area contributed by atoms with Crippen LogP contribution in [0.4, 0.5) is 17.3 Å². The van der Waals surface area contributed by atoms with Crippen LogP contribution < -0.4 is 15.8 Å². The Kier molecular flexibility index (Phi) is 7.79. The Balaban J connectivity index is 1.24. The number of allylic oxidation sites excluding steroid dienone is 1. The number of anilines is 3. The van der Waals surface area contributed by atoms with Crippen LogP contribution in [0.3, 0.4) is 0 Å². The molecular formula is C33H40N8O2. The highest BCUT2D eigenvalue weighted by atomic mass is 16.2. The van der Waals surface area contributed by atoms with E-state index in [1.165, 1.54) is 49.4 Å². The molecule has 4 aromatic rings. The molecule has 6 rings (SSSR count). The number of nitrogens with one attached hydrogen (secondary N) is 1. The number of carbonyl (C=O) groups excluding carboxylic acids is 1. The average Bonchev–Trinajstić information content (AvgIpc) is 3.29. The number of hydrogen-bond donors (Lipinski definition) is 1. The van der Waals surface area contributed by atoms with Gasteiger partial charge in [-0.2, -0.15) is 4.98 Å². The largest absolute Gasteiger partial charge is 0.371 e. The standard InChI is InChI=1S/C33H40N8O2/c1-5-17-40-31(43)28-23-34-32(36-29(28)41(40)27-8-6-7-24(22-27)30(42)37(2)3)35-25-9-11-26(12-10-25)39-20-15-33(16-21-39)13-18-38(4)19-14-33/h5-12,22-23H,1,13-21H2,2-4H3,(H,34,35,36). The number of nitrogens with zero attached hydrogens (tertiary/aromatic N) is 7. The summed E-state index contributed by atoms with van der Waals surface area (Å²) < 4.78 is 3.29. The first-order valence-electron chi connectivity index (χ1n) is 15.0. The maximum absolute atomic E-state index is 13.3. The van der Waals surface area contributed by atoms with Crippen molar-refractivity contribution in [1.29, 1.82) is 0 Å². The lowest BCUT2D eigenvalue weighted by Gasteiger charge is -2.46. The van der Waals surface area contributed by atoms with Gasteiger partial charge in [0.1, 0.15) is 5.39 Å². The van der Waals surface area contributed by atoms with Crippen LogP contribution in [0.1, 0.15) is 36.0 Å². The van der Waals surface area contributed by atoms with E-state index in [4.69, 9.17) is 4.98 Å². The summed E-state index contributed by atoms with van der Waals surface area (Å²) in [5.41, 5.74) is 4.01. The van der Waals surface area contributed by atoms with E-state index in [1.807, 2.05) is 6.07 Å². The summed E-state index contributed by atoms with van der Waals surface area (Å²) in [7, 11) is 5.65. The zero-order valence-electron chi connectivity index (χ0n) is 25.3. The lowest BCUT2D eigenvalue weighted by atomic mass is 9.71. The number of rotatable bonds is 7. The van der Waals surface area contributed by atoms with Gasteiger partial charge in [-0.15, -0.1) is 6.58 Å². The van der Waals surface area contributed by atoms with Gasteiger partial charge in [0.05, 0.1) is 12.2 Å². The van der Waals surface area contributed by atoms with E-state index in [1.54, 1.807) is 53.9 Å². The second-order valence-corrected chi connectivity index (χ2v) is 12.1. The molecule has 4 heterocycles. The molecule has 2 aromatic heterocycles. The van der Waals surface area contributed by atoms with Crippen LogP contribution in [0.2, 0.25) is 0 Å². The summed E-state index contributed by atoms with van der Waals surface area (Å²) >= 11 is 0. The van der Waals surface area contributed by atoms with E-state index in [0.29, 0.717) is 33.6 Å². The van der Waals surface area contributed by atoms with Gasteiger partial charge in [0, 0.05) is 50.3 Å². The molecule has 0 atom stereocenters. The molecule has 0 radical (unpaired) electrons. The molecule has 2 fully saturated rings. The van der Waals surface area contributed by atoms with E-state index in [2.05, 4.69) is 58.0 Å². The van der Waals surface area contributed by atoms with Crippen molar-refractivity contribution in [3.63, 3.8) is 0 Å². The topological polar surface area (TPSA) is 91.5 Å². The predicted molar refractivity (Wildman–Crippen MR) is 172 cm³/mol. The molecule has 0 unspecified atom stereocenters. The quantitative estimate of drug-likeness (QED) is 0.321. The van der Waals surface area contributed by atoms with Crippen molar-refractivity contribution in [1.82, 2.24) is 29.1 Å². The predicted octanol–water partition coefficient (Wildman–Crippen LogP) is 4.53. The van der Waals surface area contributed by atoms with Gasteiger partial charge < -0.3 is 20.0 Å². The minimum absolute atomic E-state index is 0.123. The van der Waals surface area contributed by atoms with Crippen molar-refractivity contribution in [3.8, 4) is 5.69 Å². The Morgan fingerprint density at radius 3 is 2.40 bits per heavy atom. The maximum Gasteiger partial charge on any atom is 0.278 e. The fourth-order valence-electron chi connectivity index (χ4n) is 6.38. The van der Waals surface area contributed by atoms with Gasteiger partial charge in [-0.25, -0.2) is 14.3 Å². The van der Waals surface area contributed by atoms with E-state index < -0.39 is 0 Å². The number of amides is 1. The number of aromatic nitrogens is 4. The number of piperidine rings is 2. The van der Waals surface area contributed by atoms with E-state index in [9.17, 15) is 9.59 Å². The molecule has 2 aliphatic heterocycles. The molecular weight excluding hydrogens is 540 g/mol. The molecule has 0 saturated carbocycles. The van der Waals surface area contributed by atoms with Gasteiger partial charge >= 0.3 is 0 Å². The summed E-state index contributed by atoms with van der Waals surface area (Å²) in [6, 6.07) is 15.6. The van der Waals surface area contributed by atoms with Crippen LogP contribution in [-0.2, 0) is 6.54 Å². The lowest BCUT2D eigenvalue weighted by Crippen LogP contribution is -2.46. The molecule has 1 spiro atoms. The molecule has 1 amide bonds. The molecule has 2 aromatic carbocycles. The molecule has 1 N–H and O–H groups in total. The van der Waals surface area contributed by atoms with Crippen LogP contribution in [0, 0.1) is 5.41 Å². The van der Waals surface area contributed by atoms with Crippen molar-refractivity contribution in [2.24, 2.45) is 5.41 Å². The second-order valence-electron chi connectivity index (χ2n) is 12.1. The highest BCUT2D eigenvalue weighted by Crippen LogP contribution is 2.42. The Bertz CT molecular complexity index is 1690. The number of carbonyl (C=O) groups is 1. The lowest BCUT2D eigenvalue weighted by molar-refractivity contribution is 0.0827. The summed E-state index contributed by atoms with van der Waals surface area (Å²) in [6.45, 7) is 8.72. The first-order valence-corrected chi connectivity index (χ1v) is 15.0. The van der Waals surface area contributed by atoms with Crippen LogP contribution >= 0.6 is 0 Å². The van der Waals surface area contributed by atoms with Crippen LogP contribution in [0.5, 0.6) is 0 Å². The summed E-state index contributed by atoms with van der Waals surface area (Å²) in [5, 5.41) is 3.70. The van der Waals surface area contributed by atoms with Crippen molar-refractivity contribution >= 4 is 34.3 Å². The van der Waals surface area contributed by atoms with Gasteiger partial charge in [0.25, 0.3) is 11.5 Å². The summed E-state index contributed by atoms with van der Waals surface area (Å²) in [4.78, 5) is 41.7. The molecule has 43 heavy (non-hydrogen) atoms. The Morgan fingerprint density at radius 2 is 1.72 bits per heavy atom. The zero-order valence-corrected chi connectivity index (χ0v) is 25.3. The van der Waals surface area contributed by atoms with Gasteiger partial charge in [-0.3, -0.25) is 9.59 Å². The number of benzene rings is 2. The number of fused-ring (bicyclic) bond motifs is 1. The highest BCUT2D eigenvalue weighted by Gasteiger charge is 2.36. The SMILES string of the molecule is C=CCn1c(=O)c2cnc(Nc3ccc(N4CCC5(CCN(C)CC5)CC4)cc3)nc2n1-c1cccc(C(=O)N(C)C)c1. The minimum Gasteiger partial charge on any atom is -0.371 e. The third-order valence-corrected chi connectivity index (χ3v) is 9.08. The van der Waals surface area contributed by atoms with Crippen molar-refractivity contribution in [2.45, 2.75) is 32.2 Å². The summed E-state index contributed by atoms with van der Waals surface area (Å²) in [6.07, 6.45) is 8.36. The molecule has 10 heteroatoms. The third-order valence-electron chi connectivity index (χ3n) is 9.08. The van der Waals surface area contributed by atoms with Crippen molar-refractivity contribution < 1.29 is 4.79 Å². The van der Waals surface area contributed by atoms with Crippen LogP contribution in [0.15, 0.2) is 72.2 Å². The molecule has 10 nitrogen and oxygen atoms in total. The Labute approximate surface area is 252 Å². The number of hydrogen-bond acceptors (Lipinski definition) is 7. The van der Waals surface area contributed by atoms with Crippen LogP contribution in [-0.4, -0.2) is 82.4 Å². The van der Waals surface area contributed by atoms with Gasteiger partial charge in [-0.05, 0) is 93.7 Å². The number of likely N-dealkylation sites (tertiary alicyclic amines) is 1. The average molecular weight is 581 g/mol. The second kappa shape index (κ2) is 11.7. The first kappa shape index (κ1) is 28.7. The van der Waals surface area contributed by atoms with E-state index >= 15 is 0 Å². The minimum atomic E-state index is -0.223. The molecule has 2 saturated heterocycles. The summed E-state index contributed by atoms with van der Waals surface area (Å²) in [5.74, 6) is 0.259. The fraction of sp³-hybridized carbons (Fsp3) is 0.394. The molecule has 0 aliphatic carbocycles. The van der Waals surface area contributed by atoms with Crippen LogP contribution in [0.25, 0.3) is 16.7 Å². The highest BCUT2D eigenvalue weighted by molar-refractivity contribution is 5.94. The van der Waals surface area contributed by atoms with Gasteiger partial charge in [0.15, 0.2) is 5.65 Å². The maximum atomic E-state index is 13.3. The zero-order chi connectivity index (χ0) is 30.1. The smallest absolute Gasteiger partial charge is 0.278 e. The van der Waals surface area contributed by atoms with Gasteiger partial charge in [-0.1, -0.05) is 12.1 Å². The van der Waals surface area contributed by atoms with Crippen molar-refractivity contribution in [2.75, 3.05) is 57.5 Å².